The zero-order valence-electron chi connectivity index (χ0n) is 9.28. The van der Waals surface area contributed by atoms with Crippen LogP contribution in [0.1, 0.15) is 20.3 Å². The van der Waals surface area contributed by atoms with Gasteiger partial charge in [-0.3, -0.25) is 10.2 Å². The Morgan fingerprint density at radius 1 is 1.57 bits per heavy atom. The third kappa shape index (κ3) is 4.83. The molecule has 4 nitrogen and oxygen atoms in total. The molecule has 0 aliphatic heterocycles. The van der Waals surface area contributed by atoms with E-state index < -0.39 is 5.97 Å². The van der Waals surface area contributed by atoms with Gasteiger partial charge in [0.25, 0.3) is 0 Å². The molecule has 0 spiro atoms. The molecule has 0 saturated heterocycles. The maximum absolute atomic E-state index is 10.7. The summed E-state index contributed by atoms with van der Waals surface area (Å²) in [6.45, 7) is 4.09. The molecule has 0 amide bonds. The summed E-state index contributed by atoms with van der Waals surface area (Å²) in [5, 5.41) is 10.8. The van der Waals surface area contributed by atoms with Crippen molar-refractivity contribution in [2.24, 2.45) is 0 Å². The highest BCUT2D eigenvalue weighted by Gasteiger charge is 2.21. The molecule has 0 fully saturated rings. The predicted molar refractivity (Wildman–Crippen MR) is 60.5 cm³/mol. The lowest BCUT2D eigenvalue weighted by molar-refractivity contribution is -0.138. The number of carbonyl (C=O) groups is 1. The van der Waals surface area contributed by atoms with Crippen molar-refractivity contribution in [1.82, 2.24) is 10.4 Å². The van der Waals surface area contributed by atoms with Crippen LogP contribution in [0.5, 0.6) is 0 Å². The fraction of sp³-hybridized carbons (Fsp3) is 0.889. The number of hydrogen-bond acceptors (Lipinski definition) is 4. The van der Waals surface area contributed by atoms with Crippen LogP contribution in [0.4, 0.5) is 0 Å². The molecule has 0 aromatic rings. The van der Waals surface area contributed by atoms with Gasteiger partial charge in [-0.2, -0.15) is 11.8 Å². The average molecular weight is 220 g/mol. The Hall–Kier alpha value is -0.260. The lowest BCUT2D eigenvalue weighted by atomic mass is 10.2. The lowest BCUT2D eigenvalue weighted by Crippen LogP contribution is -2.50. The van der Waals surface area contributed by atoms with Crippen LogP contribution in [-0.2, 0) is 4.79 Å². The third-order valence-electron chi connectivity index (χ3n) is 1.98. The van der Waals surface area contributed by atoms with Gasteiger partial charge in [0.2, 0.25) is 0 Å². The monoisotopic (exact) mass is 220 g/mol. The SMILES string of the molecule is CNN(C(C)C)C(CSC)CC(=O)O. The minimum Gasteiger partial charge on any atom is -0.481 e. The molecule has 0 radical (unpaired) electrons. The number of nitrogens with one attached hydrogen (secondary N) is 1. The minimum atomic E-state index is -0.745. The normalized spacial score (nSPS) is 13.6. The molecule has 0 heterocycles. The molecule has 0 aliphatic rings. The Bertz CT molecular complexity index is 176. The van der Waals surface area contributed by atoms with Gasteiger partial charge in [0.05, 0.1) is 6.42 Å². The molecule has 0 aromatic carbocycles. The van der Waals surface area contributed by atoms with E-state index in [9.17, 15) is 4.79 Å². The number of hydrazine groups is 1. The van der Waals surface area contributed by atoms with Crippen LogP contribution in [-0.4, -0.2) is 47.2 Å². The molecule has 2 N–H and O–H groups in total. The molecule has 0 bridgehead atoms. The van der Waals surface area contributed by atoms with E-state index in [1.807, 2.05) is 32.2 Å². The minimum absolute atomic E-state index is 0.0486. The number of nitrogens with zero attached hydrogens (tertiary/aromatic N) is 1. The third-order valence-corrected chi connectivity index (χ3v) is 2.70. The van der Waals surface area contributed by atoms with Crippen molar-refractivity contribution in [3.05, 3.63) is 0 Å². The molecule has 0 rings (SSSR count). The van der Waals surface area contributed by atoms with E-state index in [-0.39, 0.29) is 12.5 Å². The van der Waals surface area contributed by atoms with Crippen molar-refractivity contribution >= 4 is 17.7 Å². The fourth-order valence-corrected chi connectivity index (χ4v) is 2.16. The number of hydrogen-bond donors (Lipinski definition) is 2. The summed E-state index contributed by atoms with van der Waals surface area (Å²) in [7, 11) is 1.83. The van der Waals surface area contributed by atoms with Crippen molar-refractivity contribution in [2.75, 3.05) is 19.1 Å². The van der Waals surface area contributed by atoms with Crippen LogP contribution in [0.2, 0.25) is 0 Å². The van der Waals surface area contributed by atoms with Crippen molar-refractivity contribution < 1.29 is 9.90 Å². The molecular weight excluding hydrogens is 200 g/mol. The second kappa shape index (κ2) is 7.09. The highest BCUT2D eigenvalue weighted by atomic mass is 32.2. The van der Waals surface area contributed by atoms with E-state index >= 15 is 0 Å². The first kappa shape index (κ1) is 13.7. The van der Waals surface area contributed by atoms with Crippen LogP contribution < -0.4 is 5.43 Å². The molecule has 0 aliphatic carbocycles. The van der Waals surface area contributed by atoms with Crippen molar-refractivity contribution in [2.45, 2.75) is 32.4 Å². The van der Waals surface area contributed by atoms with Crippen LogP contribution in [0.3, 0.4) is 0 Å². The van der Waals surface area contributed by atoms with Crippen LogP contribution in [0.25, 0.3) is 0 Å². The number of carboxylic acid groups (broad SMARTS) is 1. The van der Waals surface area contributed by atoms with Gasteiger partial charge in [0, 0.05) is 17.8 Å². The molecule has 14 heavy (non-hydrogen) atoms. The topological polar surface area (TPSA) is 52.6 Å². The summed E-state index contributed by atoms with van der Waals surface area (Å²) < 4.78 is 0. The van der Waals surface area contributed by atoms with E-state index in [1.54, 1.807) is 11.8 Å². The largest absolute Gasteiger partial charge is 0.481 e. The summed E-state index contributed by atoms with van der Waals surface area (Å²) in [6.07, 6.45) is 2.17. The maximum Gasteiger partial charge on any atom is 0.305 e. The summed E-state index contributed by atoms with van der Waals surface area (Å²) in [5.41, 5.74) is 3.05. The van der Waals surface area contributed by atoms with E-state index in [0.29, 0.717) is 6.04 Å². The van der Waals surface area contributed by atoms with Crippen LogP contribution >= 0.6 is 11.8 Å². The number of carboxylic acids is 1. The van der Waals surface area contributed by atoms with Crippen molar-refractivity contribution in [3.63, 3.8) is 0 Å². The zero-order chi connectivity index (χ0) is 11.1. The van der Waals surface area contributed by atoms with E-state index in [2.05, 4.69) is 5.43 Å². The Morgan fingerprint density at radius 3 is 2.43 bits per heavy atom. The second-order valence-electron chi connectivity index (χ2n) is 3.43. The van der Waals surface area contributed by atoms with Gasteiger partial charge in [0.1, 0.15) is 0 Å². The first-order valence-electron chi connectivity index (χ1n) is 4.69. The average Bonchev–Trinajstić information content (AvgIpc) is 2.03. The highest BCUT2D eigenvalue weighted by molar-refractivity contribution is 7.98. The molecular formula is C9H20N2O2S. The smallest absolute Gasteiger partial charge is 0.305 e. The van der Waals surface area contributed by atoms with Crippen LogP contribution in [0.15, 0.2) is 0 Å². The van der Waals surface area contributed by atoms with Gasteiger partial charge >= 0.3 is 5.97 Å². The Balaban J connectivity index is 4.34. The molecule has 1 atom stereocenters. The fourth-order valence-electron chi connectivity index (χ4n) is 1.49. The number of thioether (sulfide) groups is 1. The summed E-state index contributed by atoms with van der Waals surface area (Å²) in [6, 6.07) is 0.351. The van der Waals surface area contributed by atoms with Crippen LogP contribution in [0, 0.1) is 0 Å². The van der Waals surface area contributed by atoms with Gasteiger partial charge in [-0.05, 0) is 27.2 Å². The number of rotatable bonds is 7. The Labute approximate surface area is 90.0 Å². The van der Waals surface area contributed by atoms with E-state index in [4.69, 9.17) is 5.11 Å². The molecule has 0 aromatic heterocycles. The van der Waals surface area contributed by atoms with Gasteiger partial charge in [0.15, 0.2) is 0 Å². The predicted octanol–water partition coefficient (Wildman–Crippen LogP) is 1.04. The van der Waals surface area contributed by atoms with E-state index in [1.165, 1.54) is 0 Å². The first-order chi connectivity index (χ1) is 6.52. The molecule has 84 valence electrons. The van der Waals surface area contributed by atoms with Crippen molar-refractivity contribution in [3.8, 4) is 0 Å². The summed E-state index contributed by atoms with van der Waals surface area (Å²) >= 11 is 1.67. The molecule has 1 unspecified atom stereocenters. The zero-order valence-corrected chi connectivity index (χ0v) is 10.1. The Morgan fingerprint density at radius 2 is 2.14 bits per heavy atom. The standard InChI is InChI=1S/C9H20N2O2S/c1-7(2)11(10-3)8(6-14-4)5-9(12)13/h7-8,10H,5-6H2,1-4H3,(H,12,13). The van der Waals surface area contributed by atoms with Crippen molar-refractivity contribution in [1.29, 1.82) is 0 Å². The lowest BCUT2D eigenvalue weighted by Gasteiger charge is -2.32. The highest BCUT2D eigenvalue weighted by Crippen LogP contribution is 2.11. The van der Waals surface area contributed by atoms with Gasteiger partial charge in [-0.25, -0.2) is 5.01 Å². The van der Waals surface area contributed by atoms with Gasteiger partial charge in [-0.15, -0.1) is 0 Å². The number of aliphatic carboxylic acids is 1. The quantitative estimate of drug-likeness (QED) is 0.628. The van der Waals surface area contributed by atoms with Gasteiger partial charge in [-0.1, -0.05) is 0 Å². The summed E-state index contributed by atoms with van der Waals surface area (Å²) in [5.74, 6) is 0.0793. The van der Waals surface area contributed by atoms with Gasteiger partial charge < -0.3 is 5.11 Å². The summed E-state index contributed by atoms with van der Waals surface area (Å²) in [4.78, 5) is 10.7. The molecule has 5 heteroatoms. The first-order valence-corrected chi connectivity index (χ1v) is 6.08. The second-order valence-corrected chi connectivity index (χ2v) is 4.34. The van der Waals surface area contributed by atoms with E-state index in [0.717, 1.165) is 5.75 Å². The maximum atomic E-state index is 10.7. The molecule has 0 saturated carbocycles. The Kier molecular flexibility index (Phi) is 6.96.